The lowest BCUT2D eigenvalue weighted by Gasteiger charge is -2.33. The number of hydrogen-bond donors (Lipinski definition) is 1. The Bertz CT molecular complexity index is 1060. The number of halogens is 3. The fourth-order valence-electron chi connectivity index (χ4n) is 3.71. The molecule has 0 bridgehead atoms. The third-order valence-corrected chi connectivity index (χ3v) is 5.44. The molecule has 1 N–H and O–H groups in total. The average molecular weight is 432 g/mol. The van der Waals surface area contributed by atoms with E-state index in [4.69, 9.17) is 16.6 Å². The number of piperidine rings is 1. The van der Waals surface area contributed by atoms with Gasteiger partial charge in [0.1, 0.15) is 11.0 Å². The van der Waals surface area contributed by atoms with Gasteiger partial charge in [0.15, 0.2) is 0 Å². The average Bonchev–Trinajstić information content (AvgIpc) is 2.77. The van der Waals surface area contributed by atoms with Crippen LogP contribution < -0.4 is 10.2 Å². The van der Waals surface area contributed by atoms with E-state index in [2.05, 4.69) is 20.2 Å². The first kappa shape index (κ1) is 20.4. The molecule has 3 aromatic rings. The Hall–Kier alpha value is -2.87. The molecule has 0 atom stereocenters. The number of pyridine rings is 3. The summed E-state index contributed by atoms with van der Waals surface area (Å²) >= 11 is 6.05. The lowest BCUT2D eigenvalue weighted by atomic mass is 9.95. The Kier molecular flexibility index (Phi) is 6.03. The van der Waals surface area contributed by atoms with E-state index in [0.29, 0.717) is 31.1 Å². The summed E-state index contributed by atoms with van der Waals surface area (Å²) in [5, 5.41) is 4.62. The molecule has 9 heteroatoms. The van der Waals surface area contributed by atoms with Gasteiger partial charge < -0.3 is 10.2 Å². The highest BCUT2D eigenvalue weighted by molar-refractivity contribution is 6.29. The minimum absolute atomic E-state index is 0.268. The molecule has 0 radical (unpaired) electrons. The number of hydrogen-bond acceptors (Lipinski definition) is 5. The summed E-state index contributed by atoms with van der Waals surface area (Å²) in [5.41, 5.74) is 1.61. The van der Waals surface area contributed by atoms with Crippen molar-refractivity contribution in [2.45, 2.75) is 19.3 Å². The van der Waals surface area contributed by atoms with Crippen molar-refractivity contribution in [3.63, 3.8) is 0 Å². The van der Waals surface area contributed by atoms with Gasteiger partial charge in [-0.05, 0) is 37.1 Å². The van der Waals surface area contributed by atoms with Crippen LogP contribution in [0.2, 0.25) is 5.15 Å². The predicted octanol–water partition coefficient (Wildman–Crippen LogP) is 3.94. The molecule has 4 rings (SSSR count). The minimum atomic E-state index is -2.54. The number of nitrogens with one attached hydrogen (secondary N) is 1. The molecule has 1 aliphatic rings. The molecule has 0 aromatic carbocycles. The van der Waals surface area contributed by atoms with E-state index < -0.39 is 13.0 Å². The van der Waals surface area contributed by atoms with Gasteiger partial charge in [0.05, 0.1) is 12.2 Å². The second-order valence-electron chi connectivity index (χ2n) is 7.19. The van der Waals surface area contributed by atoms with E-state index in [1.165, 1.54) is 0 Å². The van der Waals surface area contributed by atoms with Crippen LogP contribution in [0.1, 0.15) is 12.8 Å². The largest absolute Gasteiger partial charge is 0.356 e. The lowest BCUT2D eigenvalue weighted by Crippen LogP contribution is -2.42. The third kappa shape index (κ3) is 4.48. The van der Waals surface area contributed by atoms with Crippen LogP contribution in [-0.2, 0) is 4.79 Å². The topological polar surface area (TPSA) is 71.0 Å². The summed E-state index contributed by atoms with van der Waals surface area (Å²) in [4.78, 5) is 27.4. The summed E-state index contributed by atoms with van der Waals surface area (Å²) < 4.78 is 24.7. The fraction of sp³-hybridized carbons (Fsp3) is 0.333. The Morgan fingerprint density at radius 3 is 2.77 bits per heavy atom. The maximum absolute atomic E-state index is 12.3. The van der Waals surface area contributed by atoms with Gasteiger partial charge in [0.2, 0.25) is 5.91 Å². The highest BCUT2D eigenvalue weighted by Crippen LogP contribution is 2.32. The summed E-state index contributed by atoms with van der Waals surface area (Å²) in [7, 11) is 0. The van der Waals surface area contributed by atoms with Crippen molar-refractivity contribution in [2.75, 3.05) is 24.5 Å². The number of carbonyl (C=O) groups excluding carboxylic acids is 1. The molecule has 0 saturated carbocycles. The highest BCUT2D eigenvalue weighted by atomic mass is 35.5. The Morgan fingerprint density at radius 1 is 1.23 bits per heavy atom. The maximum Gasteiger partial charge on any atom is 0.255 e. The number of nitrogens with zero attached hydrogens (tertiary/aromatic N) is 4. The molecular weight excluding hydrogens is 412 g/mol. The van der Waals surface area contributed by atoms with Gasteiger partial charge in [-0.3, -0.25) is 9.78 Å². The lowest BCUT2D eigenvalue weighted by molar-refractivity contribution is -0.126. The number of aromatic nitrogens is 3. The number of alkyl halides is 2. The number of amides is 1. The van der Waals surface area contributed by atoms with Crippen molar-refractivity contribution in [3.8, 4) is 11.3 Å². The first-order valence-electron chi connectivity index (χ1n) is 9.69. The van der Waals surface area contributed by atoms with Crippen LogP contribution in [0.15, 0.2) is 42.9 Å². The smallest absolute Gasteiger partial charge is 0.255 e. The first-order chi connectivity index (χ1) is 14.5. The highest BCUT2D eigenvalue weighted by Gasteiger charge is 2.27. The zero-order chi connectivity index (χ0) is 21.1. The molecule has 30 heavy (non-hydrogen) atoms. The zero-order valence-electron chi connectivity index (χ0n) is 16.1. The van der Waals surface area contributed by atoms with Crippen molar-refractivity contribution in [1.29, 1.82) is 0 Å². The molecule has 0 unspecified atom stereocenters. The normalized spacial score (nSPS) is 15.0. The molecule has 0 spiro atoms. The number of anilines is 1. The van der Waals surface area contributed by atoms with Gasteiger partial charge in [-0.1, -0.05) is 11.6 Å². The molecule has 6 nitrogen and oxygen atoms in total. The SMILES string of the molecule is O=C(NCC(F)F)C1CCN(c2nc(-c3ccnc(Cl)c3)cc3cnccc23)CC1. The quantitative estimate of drug-likeness (QED) is 0.619. The molecule has 156 valence electrons. The Balaban J connectivity index is 1.59. The van der Waals surface area contributed by atoms with E-state index in [0.717, 1.165) is 27.8 Å². The van der Waals surface area contributed by atoms with E-state index in [1.807, 2.05) is 18.2 Å². The van der Waals surface area contributed by atoms with Gasteiger partial charge in [-0.2, -0.15) is 0 Å². The molecule has 0 aliphatic carbocycles. The summed E-state index contributed by atoms with van der Waals surface area (Å²) in [5.74, 6) is 0.233. The van der Waals surface area contributed by atoms with Crippen molar-refractivity contribution in [3.05, 3.63) is 48.0 Å². The summed E-state index contributed by atoms with van der Waals surface area (Å²) in [6.45, 7) is 0.615. The van der Waals surface area contributed by atoms with Crippen molar-refractivity contribution >= 4 is 34.1 Å². The zero-order valence-corrected chi connectivity index (χ0v) is 16.8. The second-order valence-corrected chi connectivity index (χ2v) is 7.58. The van der Waals surface area contributed by atoms with E-state index in [1.54, 1.807) is 24.7 Å². The Labute approximate surface area is 177 Å². The van der Waals surface area contributed by atoms with Crippen molar-refractivity contribution in [1.82, 2.24) is 20.3 Å². The predicted molar refractivity (Wildman–Crippen MR) is 112 cm³/mol. The molecule has 3 aromatic heterocycles. The van der Waals surface area contributed by atoms with Gasteiger partial charge in [-0.25, -0.2) is 18.7 Å². The minimum Gasteiger partial charge on any atom is -0.356 e. The Morgan fingerprint density at radius 2 is 2.03 bits per heavy atom. The molecule has 1 fully saturated rings. The van der Waals surface area contributed by atoms with Gasteiger partial charge in [0, 0.05) is 53.9 Å². The van der Waals surface area contributed by atoms with Crippen LogP contribution >= 0.6 is 11.6 Å². The van der Waals surface area contributed by atoms with Crippen LogP contribution in [0.3, 0.4) is 0 Å². The van der Waals surface area contributed by atoms with Gasteiger partial charge >= 0.3 is 0 Å². The van der Waals surface area contributed by atoms with Gasteiger partial charge in [0.25, 0.3) is 6.43 Å². The molecule has 1 aliphatic heterocycles. The monoisotopic (exact) mass is 431 g/mol. The molecule has 4 heterocycles. The van der Waals surface area contributed by atoms with Crippen LogP contribution in [0, 0.1) is 5.92 Å². The second kappa shape index (κ2) is 8.87. The molecule has 1 amide bonds. The van der Waals surface area contributed by atoms with Crippen LogP contribution in [0.25, 0.3) is 22.0 Å². The first-order valence-corrected chi connectivity index (χ1v) is 10.1. The maximum atomic E-state index is 12.3. The number of rotatable bonds is 5. The molecular formula is C21H20ClF2N5O. The van der Waals surface area contributed by atoms with E-state index in [-0.39, 0.29) is 11.8 Å². The van der Waals surface area contributed by atoms with Crippen molar-refractivity contribution < 1.29 is 13.6 Å². The van der Waals surface area contributed by atoms with E-state index >= 15 is 0 Å². The van der Waals surface area contributed by atoms with Crippen LogP contribution in [0.5, 0.6) is 0 Å². The van der Waals surface area contributed by atoms with Gasteiger partial charge in [-0.15, -0.1) is 0 Å². The van der Waals surface area contributed by atoms with Crippen molar-refractivity contribution in [2.24, 2.45) is 5.92 Å². The number of fused-ring (bicyclic) bond motifs is 1. The number of carbonyl (C=O) groups is 1. The fourth-order valence-corrected chi connectivity index (χ4v) is 3.88. The molecule has 1 saturated heterocycles. The third-order valence-electron chi connectivity index (χ3n) is 5.23. The summed E-state index contributed by atoms with van der Waals surface area (Å²) in [6.07, 6.45) is 3.76. The van der Waals surface area contributed by atoms with Crippen LogP contribution in [0.4, 0.5) is 14.6 Å². The van der Waals surface area contributed by atoms with Crippen LogP contribution in [-0.4, -0.2) is 46.9 Å². The van der Waals surface area contributed by atoms with E-state index in [9.17, 15) is 13.6 Å². The summed E-state index contributed by atoms with van der Waals surface area (Å²) in [6, 6.07) is 7.49. The standard InChI is InChI=1S/C21H20ClF2N5O/c22-18-10-14(1-6-26-18)17-9-15-11-25-5-2-16(15)20(28-17)29-7-3-13(4-8-29)21(30)27-12-19(23)24/h1-2,5-6,9-11,13,19H,3-4,7-8,12H2,(H,27,30).